The van der Waals surface area contributed by atoms with E-state index in [0.717, 1.165) is 31.0 Å². The number of rotatable bonds is 5. The van der Waals surface area contributed by atoms with E-state index in [4.69, 9.17) is 4.74 Å². The maximum atomic E-state index is 12.2. The molecule has 1 aliphatic heterocycles. The third kappa shape index (κ3) is 3.45. The van der Waals surface area contributed by atoms with E-state index >= 15 is 0 Å². The van der Waals surface area contributed by atoms with Gasteiger partial charge in [-0.2, -0.15) is 5.10 Å². The summed E-state index contributed by atoms with van der Waals surface area (Å²) in [6.07, 6.45) is 4.06. The Hall–Kier alpha value is -2.14. The van der Waals surface area contributed by atoms with Crippen molar-refractivity contribution < 1.29 is 9.53 Å². The van der Waals surface area contributed by atoms with Crippen LogP contribution in [-0.2, 0) is 11.3 Å². The van der Waals surface area contributed by atoms with Crippen molar-refractivity contribution in [2.75, 3.05) is 19.7 Å². The van der Waals surface area contributed by atoms with Crippen LogP contribution in [0.5, 0.6) is 0 Å². The van der Waals surface area contributed by atoms with E-state index in [-0.39, 0.29) is 5.97 Å². The second-order valence-corrected chi connectivity index (χ2v) is 5.96. The van der Waals surface area contributed by atoms with Crippen molar-refractivity contribution in [3.05, 3.63) is 47.3 Å². The molecule has 1 aromatic heterocycles. The van der Waals surface area contributed by atoms with Gasteiger partial charge in [-0.25, -0.2) is 9.48 Å². The van der Waals surface area contributed by atoms with Gasteiger partial charge < -0.3 is 4.74 Å². The Morgan fingerprint density at radius 1 is 1.22 bits per heavy atom. The van der Waals surface area contributed by atoms with Crippen LogP contribution in [0.4, 0.5) is 0 Å². The van der Waals surface area contributed by atoms with Crippen LogP contribution in [0.3, 0.4) is 0 Å². The van der Waals surface area contributed by atoms with Gasteiger partial charge in [-0.05, 0) is 51.9 Å². The first-order chi connectivity index (χ1) is 11.2. The minimum atomic E-state index is -0.292. The number of nitrogens with zero attached hydrogens (tertiary/aromatic N) is 3. The quantitative estimate of drug-likeness (QED) is 0.796. The molecule has 5 heteroatoms. The fraction of sp³-hybridized carbons (Fsp3) is 0.444. The van der Waals surface area contributed by atoms with Crippen LogP contribution in [-0.4, -0.2) is 40.3 Å². The van der Waals surface area contributed by atoms with Crippen molar-refractivity contribution in [3.63, 3.8) is 0 Å². The van der Waals surface area contributed by atoms with E-state index in [9.17, 15) is 4.79 Å². The summed E-state index contributed by atoms with van der Waals surface area (Å²) in [6, 6.07) is 8.18. The molecule has 1 aliphatic rings. The standard InChI is InChI=1S/C18H23N3O2/c1-3-23-18(22)16-12-19-21(15-8-6-14(2)7-9-15)17(16)13-20-10-4-5-11-20/h6-9,12H,3-5,10-11,13H2,1-2H3. The zero-order chi connectivity index (χ0) is 16.2. The molecule has 1 aromatic carbocycles. The molecule has 23 heavy (non-hydrogen) atoms. The fourth-order valence-corrected chi connectivity index (χ4v) is 2.97. The molecule has 0 aliphatic carbocycles. The second-order valence-electron chi connectivity index (χ2n) is 5.96. The van der Waals surface area contributed by atoms with Crippen LogP contribution in [0.2, 0.25) is 0 Å². The average molecular weight is 313 g/mol. The first kappa shape index (κ1) is 15.7. The second kappa shape index (κ2) is 6.96. The lowest BCUT2D eigenvalue weighted by Crippen LogP contribution is -2.22. The lowest BCUT2D eigenvalue weighted by molar-refractivity contribution is 0.0524. The van der Waals surface area contributed by atoms with Crippen molar-refractivity contribution in [2.45, 2.75) is 33.2 Å². The van der Waals surface area contributed by atoms with Gasteiger partial charge in [0.15, 0.2) is 0 Å². The number of likely N-dealkylation sites (tertiary alicyclic amines) is 1. The Kier molecular flexibility index (Phi) is 4.76. The topological polar surface area (TPSA) is 47.4 Å². The number of ether oxygens (including phenoxy) is 1. The molecule has 0 bridgehead atoms. The molecule has 2 aromatic rings. The molecule has 0 N–H and O–H groups in total. The lowest BCUT2D eigenvalue weighted by Gasteiger charge is -2.17. The predicted octanol–water partition coefficient (Wildman–Crippen LogP) is 2.95. The smallest absolute Gasteiger partial charge is 0.341 e. The fourth-order valence-electron chi connectivity index (χ4n) is 2.97. The molecule has 2 heterocycles. The summed E-state index contributed by atoms with van der Waals surface area (Å²) in [5.74, 6) is -0.292. The highest BCUT2D eigenvalue weighted by Gasteiger charge is 2.23. The molecule has 3 rings (SSSR count). The maximum absolute atomic E-state index is 12.2. The van der Waals surface area contributed by atoms with Crippen LogP contribution < -0.4 is 0 Å². The number of carbonyl (C=O) groups is 1. The number of aryl methyl sites for hydroxylation is 1. The third-order valence-corrected chi connectivity index (χ3v) is 4.21. The van der Waals surface area contributed by atoms with E-state index in [1.54, 1.807) is 6.20 Å². The summed E-state index contributed by atoms with van der Waals surface area (Å²) in [6.45, 7) is 7.12. The Labute approximate surface area is 136 Å². The highest BCUT2D eigenvalue weighted by molar-refractivity contribution is 5.90. The molecule has 0 saturated carbocycles. The van der Waals surface area contributed by atoms with Crippen LogP contribution in [0, 0.1) is 6.92 Å². The molecule has 0 spiro atoms. The van der Waals surface area contributed by atoms with Crippen molar-refractivity contribution in [1.82, 2.24) is 14.7 Å². The molecule has 1 fully saturated rings. The molecule has 5 nitrogen and oxygen atoms in total. The van der Waals surface area contributed by atoms with Gasteiger partial charge in [0.2, 0.25) is 0 Å². The molecule has 0 unspecified atom stereocenters. The first-order valence-electron chi connectivity index (χ1n) is 8.22. The number of carbonyl (C=O) groups excluding carboxylic acids is 1. The van der Waals surface area contributed by atoms with Gasteiger partial charge in [-0.15, -0.1) is 0 Å². The van der Waals surface area contributed by atoms with E-state index in [1.807, 2.05) is 23.7 Å². The minimum Gasteiger partial charge on any atom is -0.462 e. The largest absolute Gasteiger partial charge is 0.462 e. The zero-order valence-electron chi connectivity index (χ0n) is 13.8. The molecule has 122 valence electrons. The SMILES string of the molecule is CCOC(=O)c1cnn(-c2ccc(C)cc2)c1CN1CCCC1. The zero-order valence-corrected chi connectivity index (χ0v) is 13.8. The molecule has 0 atom stereocenters. The highest BCUT2D eigenvalue weighted by atomic mass is 16.5. The van der Waals surface area contributed by atoms with E-state index in [0.29, 0.717) is 12.2 Å². The minimum absolute atomic E-state index is 0.292. The number of esters is 1. The van der Waals surface area contributed by atoms with E-state index in [2.05, 4.69) is 29.1 Å². The predicted molar refractivity (Wildman–Crippen MR) is 88.8 cm³/mol. The molecular formula is C18H23N3O2. The number of hydrogen-bond acceptors (Lipinski definition) is 4. The lowest BCUT2D eigenvalue weighted by atomic mass is 10.2. The van der Waals surface area contributed by atoms with Crippen molar-refractivity contribution in [3.8, 4) is 5.69 Å². The van der Waals surface area contributed by atoms with Crippen LogP contribution in [0.1, 0.15) is 41.4 Å². The molecule has 1 saturated heterocycles. The van der Waals surface area contributed by atoms with E-state index < -0.39 is 0 Å². The van der Waals surface area contributed by atoms with Crippen molar-refractivity contribution in [1.29, 1.82) is 0 Å². The highest BCUT2D eigenvalue weighted by Crippen LogP contribution is 2.20. The summed E-state index contributed by atoms with van der Waals surface area (Å²) >= 11 is 0. The maximum Gasteiger partial charge on any atom is 0.341 e. The van der Waals surface area contributed by atoms with Crippen molar-refractivity contribution in [2.24, 2.45) is 0 Å². The van der Waals surface area contributed by atoms with Gasteiger partial charge in [-0.1, -0.05) is 17.7 Å². The number of hydrogen-bond donors (Lipinski definition) is 0. The van der Waals surface area contributed by atoms with Gasteiger partial charge >= 0.3 is 5.97 Å². The van der Waals surface area contributed by atoms with Gasteiger partial charge in [0.05, 0.1) is 24.2 Å². The summed E-state index contributed by atoms with van der Waals surface area (Å²) in [4.78, 5) is 14.6. The summed E-state index contributed by atoms with van der Waals surface area (Å²) in [5, 5.41) is 4.45. The van der Waals surface area contributed by atoms with Gasteiger partial charge in [0.1, 0.15) is 5.56 Å². The Balaban J connectivity index is 1.97. The summed E-state index contributed by atoms with van der Waals surface area (Å²) < 4.78 is 7.06. The van der Waals surface area contributed by atoms with Gasteiger partial charge in [0.25, 0.3) is 0 Å². The molecule has 0 amide bonds. The monoisotopic (exact) mass is 313 g/mol. The van der Waals surface area contributed by atoms with Crippen LogP contribution in [0.25, 0.3) is 5.69 Å². The Bertz CT molecular complexity index is 670. The molecular weight excluding hydrogens is 290 g/mol. The van der Waals surface area contributed by atoms with Gasteiger partial charge in [-0.3, -0.25) is 4.90 Å². The first-order valence-corrected chi connectivity index (χ1v) is 8.22. The number of benzene rings is 1. The summed E-state index contributed by atoms with van der Waals surface area (Å²) in [7, 11) is 0. The van der Waals surface area contributed by atoms with Crippen molar-refractivity contribution >= 4 is 5.97 Å². The third-order valence-electron chi connectivity index (χ3n) is 4.21. The van der Waals surface area contributed by atoms with Gasteiger partial charge in [0, 0.05) is 6.54 Å². The summed E-state index contributed by atoms with van der Waals surface area (Å²) in [5.41, 5.74) is 3.65. The average Bonchev–Trinajstić information content (AvgIpc) is 3.19. The van der Waals surface area contributed by atoms with E-state index in [1.165, 1.54) is 18.4 Å². The Morgan fingerprint density at radius 2 is 1.91 bits per heavy atom. The van der Waals surface area contributed by atoms with Crippen LogP contribution >= 0.6 is 0 Å². The normalized spacial score (nSPS) is 15.0. The number of aromatic nitrogens is 2. The molecule has 0 radical (unpaired) electrons. The Morgan fingerprint density at radius 3 is 2.57 bits per heavy atom. The van der Waals surface area contributed by atoms with Crippen LogP contribution in [0.15, 0.2) is 30.5 Å².